The molecule has 1 aromatic carbocycles. The Morgan fingerprint density at radius 2 is 2.11 bits per heavy atom. The molecule has 0 bridgehead atoms. The zero-order valence-corrected chi connectivity index (χ0v) is 10.7. The molecule has 0 amide bonds. The fourth-order valence-corrected chi connectivity index (χ4v) is 2.36. The van der Waals surface area contributed by atoms with Crippen molar-refractivity contribution in [2.24, 2.45) is 7.05 Å². The monoisotopic (exact) mass is 241 g/mol. The van der Waals surface area contributed by atoms with Crippen LogP contribution in [0.1, 0.15) is 12.7 Å². The van der Waals surface area contributed by atoms with Crippen molar-refractivity contribution in [3.63, 3.8) is 0 Å². The van der Waals surface area contributed by atoms with Crippen LogP contribution in [0, 0.1) is 0 Å². The summed E-state index contributed by atoms with van der Waals surface area (Å²) in [6.07, 6.45) is 6.18. The number of para-hydroxylation sites is 2. The Bertz CT molecular complexity index is 678. The molecule has 4 nitrogen and oxygen atoms in total. The van der Waals surface area contributed by atoms with E-state index in [1.807, 2.05) is 23.9 Å². The largest absolute Gasteiger partial charge is 0.325 e. The summed E-state index contributed by atoms with van der Waals surface area (Å²) < 4.78 is 6.46. The van der Waals surface area contributed by atoms with E-state index in [-0.39, 0.29) is 0 Å². The maximum atomic E-state index is 4.72. The summed E-state index contributed by atoms with van der Waals surface area (Å²) in [5.41, 5.74) is 2.29. The summed E-state index contributed by atoms with van der Waals surface area (Å²) in [7, 11) is 2.03. The van der Waals surface area contributed by atoms with Gasteiger partial charge in [-0.1, -0.05) is 12.1 Å². The van der Waals surface area contributed by atoms with Gasteiger partial charge >= 0.3 is 0 Å². The molecule has 0 saturated heterocycles. The number of fused-ring (bicyclic) bond motifs is 1. The molecule has 0 atom stereocenters. The van der Waals surface area contributed by atoms with E-state index >= 15 is 0 Å². The minimum atomic E-state index is 0.809. The number of nitrogens with zero attached hydrogens (tertiary/aromatic N) is 4. The molecular formula is C14H17N4+. The first-order valence-electron chi connectivity index (χ1n) is 6.23. The van der Waals surface area contributed by atoms with Gasteiger partial charge in [0.1, 0.15) is 18.9 Å². The second-order valence-electron chi connectivity index (χ2n) is 4.51. The van der Waals surface area contributed by atoms with Gasteiger partial charge in [0.2, 0.25) is 6.33 Å². The molecule has 0 saturated carbocycles. The highest BCUT2D eigenvalue weighted by Gasteiger charge is 2.11. The van der Waals surface area contributed by atoms with Gasteiger partial charge in [-0.3, -0.25) is 0 Å². The van der Waals surface area contributed by atoms with Crippen LogP contribution in [-0.2, 0) is 20.1 Å². The van der Waals surface area contributed by atoms with Crippen LogP contribution in [-0.4, -0.2) is 14.1 Å². The number of rotatable bonds is 3. The van der Waals surface area contributed by atoms with Crippen molar-refractivity contribution in [2.45, 2.75) is 20.0 Å². The molecule has 0 fully saturated rings. The Balaban J connectivity index is 2.05. The van der Waals surface area contributed by atoms with Gasteiger partial charge < -0.3 is 4.57 Å². The Kier molecular flexibility index (Phi) is 2.63. The Morgan fingerprint density at radius 1 is 1.28 bits per heavy atom. The molecule has 3 aromatic rings. The minimum Gasteiger partial charge on any atom is -0.325 e. The quantitative estimate of drug-likeness (QED) is 0.641. The highest BCUT2D eigenvalue weighted by Crippen LogP contribution is 2.16. The maximum Gasteiger partial charge on any atom is 0.243 e. The van der Waals surface area contributed by atoms with Crippen molar-refractivity contribution >= 4 is 11.0 Å². The van der Waals surface area contributed by atoms with E-state index in [0.717, 1.165) is 24.4 Å². The molecule has 92 valence electrons. The van der Waals surface area contributed by atoms with E-state index in [0.29, 0.717) is 0 Å². The number of hydrogen-bond donors (Lipinski definition) is 0. The van der Waals surface area contributed by atoms with E-state index in [9.17, 15) is 0 Å². The van der Waals surface area contributed by atoms with Crippen molar-refractivity contribution < 1.29 is 4.57 Å². The highest BCUT2D eigenvalue weighted by atomic mass is 15.2. The highest BCUT2D eigenvalue weighted by molar-refractivity contribution is 5.75. The fourth-order valence-electron chi connectivity index (χ4n) is 2.36. The predicted molar refractivity (Wildman–Crippen MR) is 70.1 cm³/mol. The van der Waals surface area contributed by atoms with Crippen LogP contribution < -0.4 is 4.57 Å². The lowest BCUT2D eigenvalue weighted by Crippen LogP contribution is -2.24. The van der Waals surface area contributed by atoms with Gasteiger partial charge in [-0.25, -0.2) is 14.1 Å². The standard InChI is InChI=1S/C14H17N4/c1-3-18-13-7-5-4-6-12(13)15-14(18)10-17-9-8-16(2)11-17/h4-9,11H,3,10H2,1-2H3/q+1. The minimum absolute atomic E-state index is 0.809. The third kappa shape index (κ3) is 1.79. The van der Waals surface area contributed by atoms with Crippen LogP contribution >= 0.6 is 0 Å². The van der Waals surface area contributed by atoms with Crippen molar-refractivity contribution in [2.75, 3.05) is 0 Å². The zero-order valence-electron chi connectivity index (χ0n) is 10.7. The molecule has 2 aromatic heterocycles. The third-order valence-corrected chi connectivity index (χ3v) is 3.20. The van der Waals surface area contributed by atoms with Gasteiger partial charge in [0.05, 0.1) is 18.1 Å². The van der Waals surface area contributed by atoms with Crippen LogP contribution in [0.4, 0.5) is 0 Å². The van der Waals surface area contributed by atoms with Crippen LogP contribution in [0.2, 0.25) is 0 Å². The summed E-state index contributed by atoms with van der Waals surface area (Å²) in [4.78, 5) is 4.72. The first-order valence-corrected chi connectivity index (χ1v) is 6.23. The van der Waals surface area contributed by atoms with E-state index in [1.165, 1.54) is 5.52 Å². The maximum absolute atomic E-state index is 4.72. The van der Waals surface area contributed by atoms with Crippen LogP contribution in [0.3, 0.4) is 0 Å². The molecule has 3 rings (SSSR count). The Morgan fingerprint density at radius 3 is 2.83 bits per heavy atom. The molecule has 0 radical (unpaired) electrons. The number of hydrogen-bond acceptors (Lipinski definition) is 1. The van der Waals surface area contributed by atoms with Gasteiger partial charge in [-0.2, -0.15) is 0 Å². The molecule has 4 heteroatoms. The SMILES string of the molecule is CCn1c(Cn2cc[n+](C)c2)nc2ccccc21. The van der Waals surface area contributed by atoms with Crippen LogP contribution in [0.5, 0.6) is 0 Å². The summed E-state index contributed by atoms with van der Waals surface area (Å²) in [5, 5.41) is 0. The van der Waals surface area contributed by atoms with Gasteiger partial charge in [-0.05, 0) is 19.1 Å². The zero-order chi connectivity index (χ0) is 12.5. The molecule has 0 aliphatic carbocycles. The molecule has 18 heavy (non-hydrogen) atoms. The average molecular weight is 241 g/mol. The molecule has 0 spiro atoms. The second kappa shape index (κ2) is 4.29. The van der Waals surface area contributed by atoms with Crippen molar-refractivity contribution in [3.8, 4) is 0 Å². The Hall–Kier alpha value is -2.10. The normalized spacial score (nSPS) is 11.2. The molecule has 0 N–H and O–H groups in total. The second-order valence-corrected chi connectivity index (χ2v) is 4.51. The fraction of sp³-hybridized carbons (Fsp3) is 0.286. The molecule has 0 aliphatic heterocycles. The number of benzene rings is 1. The summed E-state index contributed by atoms with van der Waals surface area (Å²) in [6, 6.07) is 8.30. The van der Waals surface area contributed by atoms with Crippen LogP contribution in [0.25, 0.3) is 11.0 Å². The van der Waals surface area contributed by atoms with E-state index < -0.39 is 0 Å². The topological polar surface area (TPSA) is 26.6 Å². The lowest BCUT2D eigenvalue weighted by Gasteiger charge is -2.03. The smallest absolute Gasteiger partial charge is 0.243 e. The van der Waals surface area contributed by atoms with Crippen molar-refractivity contribution in [1.29, 1.82) is 0 Å². The summed E-state index contributed by atoms with van der Waals surface area (Å²) >= 11 is 0. The molecule has 2 heterocycles. The van der Waals surface area contributed by atoms with Crippen molar-refractivity contribution in [1.82, 2.24) is 14.1 Å². The third-order valence-electron chi connectivity index (χ3n) is 3.20. The van der Waals surface area contributed by atoms with Crippen molar-refractivity contribution in [3.05, 3.63) is 48.8 Å². The van der Waals surface area contributed by atoms with Gasteiger partial charge in [0, 0.05) is 6.54 Å². The lowest BCUT2D eigenvalue weighted by atomic mass is 10.3. The number of aromatic nitrogens is 4. The number of aryl methyl sites for hydroxylation is 2. The molecular weight excluding hydrogens is 224 g/mol. The first-order chi connectivity index (χ1) is 8.78. The number of imidazole rings is 2. The van der Waals surface area contributed by atoms with Gasteiger partial charge in [-0.15, -0.1) is 0 Å². The molecule has 0 aliphatic rings. The lowest BCUT2D eigenvalue weighted by molar-refractivity contribution is -0.671. The van der Waals surface area contributed by atoms with Gasteiger partial charge in [0.25, 0.3) is 0 Å². The van der Waals surface area contributed by atoms with E-state index in [1.54, 1.807) is 0 Å². The summed E-state index contributed by atoms with van der Waals surface area (Å²) in [6.45, 7) is 3.92. The summed E-state index contributed by atoms with van der Waals surface area (Å²) in [5.74, 6) is 1.11. The van der Waals surface area contributed by atoms with E-state index in [2.05, 4.69) is 46.8 Å². The Labute approximate surface area is 106 Å². The van der Waals surface area contributed by atoms with Crippen LogP contribution in [0.15, 0.2) is 43.0 Å². The molecule has 0 unspecified atom stereocenters. The predicted octanol–water partition coefficient (Wildman–Crippen LogP) is 1.73. The average Bonchev–Trinajstić information content (AvgIpc) is 2.92. The van der Waals surface area contributed by atoms with Gasteiger partial charge in [0.15, 0.2) is 5.82 Å². The van der Waals surface area contributed by atoms with E-state index in [4.69, 9.17) is 4.98 Å². The first kappa shape index (κ1) is 11.0.